The van der Waals surface area contributed by atoms with Crippen molar-refractivity contribution in [3.8, 4) is 5.75 Å². The minimum atomic E-state index is -0.367. The van der Waals surface area contributed by atoms with Gasteiger partial charge in [-0.05, 0) is 19.1 Å². The number of carbonyl (C=O) groups excluding carboxylic acids is 1. The van der Waals surface area contributed by atoms with Gasteiger partial charge in [-0.25, -0.2) is 4.98 Å². The van der Waals surface area contributed by atoms with E-state index in [1.165, 1.54) is 6.07 Å². The van der Waals surface area contributed by atoms with Crippen LogP contribution in [0.5, 0.6) is 5.75 Å². The second-order valence-corrected chi connectivity index (χ2v) is 4.26. The van der Waals surface area contributed by atoms with Crippen LogP contribution >= 0.6 is 0 Å². The summed E-state index contributed by atoms with van der Waals surface area (Å²) in [6.07, 6.45) is 3.23. The Labute approximate surface area is 116 Å². The predicted molar refractivity (Wildman–Crippen MR) is 74.8 cm³/mol. The molecular formula is C14H15N3O3. The Morgan fingerprint density at radius 1 is 1.40 bits per heavy atom. The Kier molecular flexibility index (Phi) is 4.14. The van der Waals surface area contributed by atoms with E-state index in [2.05, 4.69) is 10.3 Å². The van der Waals surface area contributed by atoms with E-state index in [0.717, 1.165) is 0 Å². The third-order valence-electron chi connectivity index (χ3n) is 2.81. The molecule has 0 saturated carbocycles. The van der Waals surface area contributed by atoms with Gasteiger partial charge in [0.15, 0.2) is 12.4 Å². The molecule has 2 heterocycles. The molecule has 0 aliphatic heterocycles. The van der Waals surface area contributed by atoms with Crippen LogP contribution in [0.25, 0.3) is 0 Å². The largest absolute Gasteiger partial charge is 0.478 e. The van der Waals surface area contributed by atoms with Gasteiger partial charge in [0, 0.05) is 25.5 Å². The van der Waals surface area contributed by atoms with E-state index in [1.54, 1.807) is 49.1 Å². The molecular weight excluding hydrogens is 258 g/mol. The van der Waals surface area contributed by atoms with Crippen LogP contribution in [0.1, 0.15) is 5.69 Å². The number of hydrogen-bond acceptors (Lipinski definition) is 4. The highest BCUT2D eigenvalue weighted by Gasteiger charge is 2.10. The summed E-state index contributed by atoms with van der Waals surface area (Å²) in [4.78, 5) is 27.4. The lowest BCUT2D eigenvalue weighted by Crippen LogP contribution is -2.23. The van der Waals surface area contributed by atoms with Gasteiger partial charge in [0.05, 0.1) is 5.69 Å². The molecule has 1 N–H and O–H groups in total. The van der Waals surface area contributed by atoms with E-state index in [4.69, 9.17) is 4.74 Å². The summed E-state index contributed by atoms with van der Waals surface area (Å²) < 4.78 is 7.07. The lowest BCUT2D eigenvalue weighted by atomic mass is 10.3. The van der Waals surface area contributed by atoms with Crippen molar-refractivity contribution in [3.05, 3.63) is 52.6 Å². The molecule has 6 heteroatoms. The number of nitrogens with one attached hydrogen (secondary N) is 1. The maximum absolute atomic E-state index is 11.7. The Hall–Kier alpha value is -2.63. The first kappa shape index (κ1) is 13.8. The molecule has 104 valence electrons. The third-order valence-corrected chi connectivity index (χ3v) is 2.81. The van der Waals surface area contributed by atoms with Crippen molar-refractivity contribution in [1.82, 2.24) is 9.55 Å². The predicted octanol–water partition coefficient (Wildman–Crippen LogP) is 1.11. The fourth-order valence-electron chi connectivity index (χ4n) is 1.63. The van der Waals surface area contributed by atoms with Crippen molar-refractivity contribution in [3.63, 3.8) is 0 Å². The van der Waals surface area contributed by atoms with E-state index in [0.29, 0.717) is 11.5 Å². The number of carbonyl (C=O) groups is 1. The van der Waals surface area contributed by atoms with Gasteiger partial charge in [0.25, 0.3) is 5.91 Å². The molecule has 1 amide bonds. The molecule has 0 atom stereocenters. The summed E-state index contributed by atoms with van der Waals surface area (Å²) in [5.41, 5.74) is 0.425. The molecule has 2 aromatic heterocycles. The van der Waals surface area contributed by atoms with Crippen LogP contribution in [0.4, 0.5) is 5.82 Å². The van der Waals surface area contributed by atoms with Crippen LogP contribution in [0.15, 0.2) is 41.5 Å². The molecule has 0 aliphatic carbocycles. The molecule has 0 saturated heterocycles. The van der Waals surface area contributed by atoms with Crippen molar-refractivity contribution in [2.75, 3.05) is 11.9 Å². The van der Waals surface area contributed by atoms with Crippen LogP contribution in [0.3, 0.4) is 0 Å². The molecule has 0 aromatic carbocycles. The normalized spacial score (nSPS) is 10.1. The molecule has 0 radical (unpaired) electrons. The minimum Gasteiger partial charge on any atom is -0.478 e. The summed E-state index contributed by atoms with van der Waals surface area (Å²) >= 11 is 0. The van der Waals surface area contributed by atoms with Crippen LogP contribution in [-0.4, -0.2) is 22.1 Å². The summed E-state index contributed by atoms with van der Waals surface area (Å²) in [5, 5.41) is 2.58. The van der Waals surface area contributed by atoms with Crippen molar-refractivity contribution in [2.24, 2.45) is 7.05 Å². The summed E-state index contributed by atoms with van der Waals surface area (Å²) in [6, 6.07) is 6.59. The number of anilines is 1. The lowest BCUT2D eigenvalue weighted by molar-refractivity contribution is -0.118. The van der Waals surface area contributed by atoms with Crippen LogP contribution in [-0.2, 0) is 11.8 Å². The molecule has 20 heavy (non-hydrogen) atoms. The highest BCUT2D eigenvalue weighted by Crippen LogP contribution is 2.10. The number of aromatic nitrogens is 2. The number of aryl methyl sites for hydroxylation is 1. The van der Waals surface area contributed by atoms with E-state index in [9.17, 15) is 9.59 Å². The maximum atomic E-state index is 11.7. The number of nitrogens with zero attached hydrogens (tertiary/aromatic N) is 2. The second kappa shape index (κ2) is 6.01. The van der Waals surface area contributed by atoms with Crippen LogP contribution in [0.2, 0.25) is 0 Å². The lowest BCUT2D eigenvalue weighted by Gasteiger charge is -2.11. The molecule has 0 aliphatic rings. The van der Waals surface area contributed by atoms with E-state index in [1.807, 2.05) is 0 Å². The van der Waals surface area contributed by atoms with Crippen LogP contribution < -0.4 is 15.5 Å². The van der Waals surface area contributed by atoms with E-state index in [-0.39, 0.29) is 23.7 Å². The Bertz CT molecular complexity index is 665. The highest BCUT2D eigenvalue weighted by molar-refractivity contribution is 5.90. The number of hydrogen-bond donors (Lipinski definition) is 1. The van der Waals surface area contributed by atoms with Crippen molar-refractivity contribution < 1.29 is 9.53 Å². The Balaban J connectivity index is 2.01. The molecule has 0 fully saturated rings. The van der Waals surface area contributed by atoms with Gasteiger partial charge in [-0.2, -0.15) is 0 Å². The first-order valence-corrected chi connectivity index (χ1v) is 6.08. The molecule has 0 unspecified atom stereocenters. The quantitative estimate of drug-likeness (QED) is 0.905. The number of pyridine rings is 2. The maximum Gasteiger partial charge on any atom is 0.263 e. The summed E-state index contributed by atoms with van der Waals surface area (Å²) in [7, 11) is 1.80. The zero-order chi connectivity index (χ0) is 14.5. The Morgan fingerprint density at radius 3 is 2.90 bits per heavy atom. The fourth-order valence-corrected chi connectivity index (χ4v) is 1.63. The molecule has 2 rings (SSSR count). The Morgan fingerprint density at radius 2 is 2.20 bits per heavy atom. The van der Waals surface area contributed by atoms with Crippen LogP contribution in [0, 0.1) is 6.92 Å². The van der Waals surface area contributed by atoms with Gasteiger partial charge in [-0.15, -0.1) is 0 Å². The standard InChI is InChI=1S/C14H15N3O3/c1-10-14(11(18)6-8-17(10)2)20-9-13(19)16-12-5-3-4-7-15-12/h3-8H,9H2,1-2H3,(H,15,16,19). The smallest absolute Gasteiger partial charge is 0.263 e. The molecule has 2 aromatic rings. The minimum absolute atomic E-state index is 0.186. The van der Waals surface area contributed by atoms with Gasteiger partial charge in [-0.1, -0.05) is 6.07 Å². The SMILES string of the molecule is Cc1c(OCC(=O)Nc2ccccn2)c(=O)ccn1C. The highest BCUT2D eigenvalue weighted by atomic mass is 16.5. The zero-order valence-electron chi connectivity index (χ0n) is 11.3. The molecule has 0 spiro atoms. The number of ether oxygens (including phenoxy) is 1. The van der Waals surface area contributed by atoms with E-state index < -0.39 is 0 Å². The summed E-state index contributed by atoms with van der Waals surface area (Å²) in [6.45, 7) is 1.52. The third kappa shape index (κ3) is 3.23. The monoisotopic (exact) mass is 273 g/mol. The number of amides is 1. The van der Waals surface area contributed by atoms with Gasteiger partial charge in [0.1, 0.15) is 5.82 Å². The van der Waals surface area contributed by atoms with Crippen molar-refractivity contribution in [1.29, 1.82) is 0 Å². The van der Waals surface area contributed by atoms with Gasteiger partial charge in [-0.3, -0.25) is 9.59 Å². The fraction of sp³-hybridized carbons (Fsp3) is 0.214. The molecule has 6 nitrogen and oxygen atoms in total. The summed E-state index contributed by atoms with van der Waals surface area (Å²) in [5.74, 6) is 0.263. The zero-order valence-corrected chi connectivity index (χ0v) is 11.3. The van der Waals surface area contributed by atoms with Gasteiger partial charge in [0.2, 0.25) is 5.43 Å². The number of rotatable bonds is 4. The van der Waals surface area contributed by atoms with Crippen molar-refractivity contribution in [2.45, 2.75) is 6.92 Å². The first-order valence-electron chi connectivity index (χ1n) is 6.08. The van der Waals surface area contributed by atoms with Gasteiger partial charge >= 0.3 is 0 Å². The van der Waals surface area contributed by atoms with Gasteiger partial charge < -0.3 is 14.6 Å². The second-order valence-electron chi connectivity index (χ2n) is 4.26. The first-order chi connectivity index (χ1) is 9.58. The molecule has 0 bridgehead atoms. The van der Waals surface area contributed by atoms with Crippen molar-refractivity contribution >= 4 is 11.7 Å². The van der Waals surface area contributed by atoms with E-state index >= 15 is 0 Å². The average Bonchev–Trinajstić information content (AvgIpc) is 2.44. The topological polar surface area (TPSA) is 73.2 Å². The average molecular weight is 273 g/mol.